The molecule has 3 heterocycles. The third-order valence-electron chi connectivity index (χ3n) is 3.44. The number of aromatic amines is 1. The molecule has 0 bridgehead atoms. The van der Waals surface area contributed by atoms with Crippen LogP contribution in [0.5, 0.6) is 0 Å². The highest BCUT2D eigenvalue weighted by molar-refractivity contribution is 7.15. The van der Waals surface area contributed by atoms with Crippen molar-refractivity contribution in [2.75, 3.05) is 0 Å². The first-order chi connectivity index (χ1) is 11.8. The molecule has 5 nitrogen and oxygen atoms in total. The van der Waals surface area contributed by atoms with Crippen LogP contribution in [0.25, 0.3) is 10.6 Å². The van der Waals surface area contributed by atoms with E-state index in [1.807, 2.05) is 24.4 Å². The van der Waals surface area contributed by atoms with E-state index >= 15 is 0 Å². The second-order valence-electron chi connectivity index (χ2n) is 5.31. The molecular weight excluding hydrogens is 353 g/mol. The maximum atomic E-state index is 13.3. The average Bonchev–Trinajstić information content (AvgIpc) is 3.21. The summed E-state index contributed by atoms with van der Waals surface area (Å²) in [5.41, 5.74) is 0.320. The molecule has 0 spiro atoms. The van der Waals surface area contributed by atoms with Gasteiger partial charge in [-0.05, 0) is 31.2 Å². The molecule has 0 radical (unpaired) electrons. The van der Waals surface area contributed by atoms with E-state index in [1.165, 1.54) is 35.7 Å². The lowest BCUT2D eigenvalue weighted by atomic mass is 10.1. The molecule has 25 heavy (non-hydrogen) atoms. The molecule has 0 aliphatic heterocycles. The van der Waals surface area contributed by atoms with E-state index in [-0.39, 0.29) is 11.3 Å². The molecule has 0 unspecified atom stereocenters. The van der Waals surface area contributed by atoms with Crippen LogP contribution in [-0.2, 0) is 0 Å². The average molecular weight is 366 g/mol. The van der Waals surface area contributed by atoms with Crippen molar-refractivity contribution < 1.29 is 18.0 Å². The van der Waals surface area contributed by atoms with Crippen molar-refractivity contribution in [1.82, 2.24) is 20.5 Å². The van der Waals surface area contributed by atoms with Crippen molar-refractivity contribution in [2.24, 2.45) is 0 Å². The number of hydrogen-bond acceptors (Lipinski definition) is 4. The highest BCUT2D eigenvalue weighted by Gasteiger charge is 2.42. The molecule has 2 N–H and O–H groups in total. The Labute approximate surface area is 144 Å². The minimum absolute atomic E-state index is 0.112. The fourth-order valence-corrected chi connectivity index (χ4v) is 3.08. The maximum absolute atomic E-state index is 13.3. The number of alkyl halides is 3. The zero-order valence-corrected chi connectivity index (χ0v) is 13.8. The lowest BCUT2D eigenvalue weighted by molar-refractivity contribution is -0.155. The Morgan fingerprint density at radius 3 is 2.72 bits per heavy atom. The van der Waals surface area contributed by atoms with Gasteiger partial charge in [-0.15, -0.1) is 11.3 Å². The van der Waals surface area contributed by atoms with E-state index in [4.69, 9.17) is 0 Å². The smallest absolute Gasteiger partial charge is 0.335 e. The molecule has 3 aromatic rings. The van der Waals surface area contributed by atoms with Crippen molar-refractivity contribution in [3.8, 4) is 10.6 Å². The van der Waals surface area contributed by atoms with Crippen LogP contribution in [0.2, 0.25) is 0 Å². The van der Waals surface area contributed by atoms with Gasteiger partial charge >= 0.3 is 6.18 Å². The van der Waals surface area contributed by atoms with Gasteiger partial charge in [0.15, 0.2) is 11.7 Å². The summed E-state index contributed by atoms with van der Waals surface area (Å²) in [4.78, 5) is 17.8. The first kappa shape index (κ1) is 17.2. The summed E-state index contributed by atoms with van der Waals surface area (Å²) in [6.07, 6.45) is -2.21. The third-order valence-corrected chi connectivity index (χ3v) is 4.47. The van der Waals surface area contributed by atoms with Crippen LogP contribution in [0.3, 0.4) is 0 Å². The van der Waals surface area contributed by atoms with Crippen LogP contribution >= 0.6 is 11.3 Å². The Morgan fingerprint density at radius 2 is 2.12 bits per heavy atom. The van der Waals surface area contributed by atoms with Gasteiger partial charge in [0.05, 0.1) is 10.6 Å². The fraction of sp³-hybridized carbons (Fsp3) is 0.188. The largest absolute Gasteiger partial charge is 0.412 e. The first-order valence-corrected chi connectivity index (χ1v) is 8.06. The standard InChI is InChI=1S/C16H13F3N4OS/c1-9-4-5-13(25-9)11-7-12(23-22-11)15(24)21-14(16(17,18)19)10-3-2-6-20-8-10/h2-8,14H,1H3,(H,21,24)(H,22,23)/t14-/m0/s1. The van der Waals surface area contributed by atoms with Gasteiger partial charge in [-0.25, -0.2) is 0 Å². The number of hydrogen-bond donors (Lipinski definition) is 2. The molecule has 0 aromatic carbocycles. The number of nitrogens with one attached hydrogen (secondary N) is 2. The molecule has 0 aliphatic carbocycles. The number of thiophene rings is 1. The van der Waals surface area contributed by atoms with Gasteiger partial charge < -0.3 is 5.32 Å². The maximum Gasteiger partial charge on any atom is 0.412 e. The third kappa shape index (κ3) is 3.87. The highest BCUT2D eigenvalue weighted by Crippen LogP contribution is 2.32. The summed E-state index contributed by atoms with van der Waals surface area (Å²) >= 11 is 1.49. The van der Waals surface area contributed by atoms with Gasteiger partial charge in [0.25, 0.3) is 5.91 Å². The second kappa shape index (κ2) is 6.67. The van der Waals surface area contributed by atoms with E-state index in [9.17, 15) is 18.0 Å². The molecule has 0 saturated heterocycles. The van der Waals surface area contributed by atoms with E-state index in [1.54, 1.807) is 0 Å². The summed E-state index contributed by atoms with van der Waals surface area (Å²) < 4.78 is 39.9. The monoisotopic (exact) mass is 366 g/mol. The van der Waals surface area contributed by atoms with Crippen molar-refractivity contribution >= 4 is 17.2 Å². The fourth-order valence-electron chi connectivity index (χ4n) is 2.25. The summed E-state index contributed by atoms with van der Waals surface area (Å²) in [5, 5.41) is 8.47. The van der Waals surface area contributed by atoms with Crippen LogP contribution < -0.4 is 5.32 Å². The van der Waals surface area contributed by atoms with Crippen molar-refractivity contribution in [3.63, 3.8) is 0 Å². The zero-order valence-electron chi connectivity index (χ0n) is 13.0. The van der Waals surface area contributed by atoms with Crippen molar-refractivity contribution in [1.29, 1.82) is 0 Å². The van der Waals surface area contributed by atoms with Crippen molar-refractivity contribution in [2.45, 2.75) is 19.1 Å². The minimum Gasteiger partial charge on any atom is -0.335 e. The van der Waals surface area contributed by atoms with E-state index < -0.39 is 18.1 Å². The van der Waals surface area contributed by atoms with Crippen LogP contribution in [0, 0.1) is 6.92 Å². The Hall–Kier alpha value is -2.68. The second-order valence-corrected chi connectivity index (χ2v) is 6.60. The predicted octanol–water partition coefficient (Wildman–Crippen LogP) is 3.88. The SMILES string of the molecule is Cc1ccc(-c2cc(C(=O)N[C@@H](c3cccnc3)C(F)(F)F)n[nH]2)s1. The molecule has 0 aliphatic rings. The molecule has 130 valence electrons. The number of aromatic nitrogens is 3. The van der Waals surface area contributed by atoms with Crippen LogP contribution in [0.4, 0.5) is 13.2 Å². The van der Waals surface area contributed by atoms with Crippen LogP contribution in [0.15, 0.2) is 42.7 Å². The quantitative estimate of drug-likeness (QED) is 0.736. The lowest BCUT2D eigenvalue weighted by Gasteiger charge is -2.21. The zero-order chi connectivity index (χ0) is 18.0. The number of carbonyl (C=O) groups is 1. The van der Waals surface area contributed by atoms with E-state index in [0.29, 0.717) is 5.69 Å². The number of carbonyl (C=O) groups excluding carboxylic acids is 1. The lowest BCUT2D eigenvalue weighted by Crippen LogP contribution is -2.38. The molecule has 3 rings (SSSR count). The number of nitrogens with zero attached hydrogens (tertiary/aromatic N) is 2. The predicted molar refractivity (Wildman–Crippen MR) is 87.1 cm³/mol. The highest BCUT2D eigenvalue weighted by atomic mass is 32.1. The van der Waals surface area contributed by atoms with E-state index in [2.05, 4.69) is 15.2 Å². The molecule has 1 atom stereocenters. The van der Waals surface area contributed by atoms with Crippen molar-refractivity contribution in [3.05, 3.63) is 58.9 Å². The first-order valence-electron chi connectivity index (χ1n) is 7.24. The molecular formula is C16H13F3N4OS. The number of aryl methyl sites for hydroxylation is 1. The summed E-state index contributed by atoms with van der Waals surface area (Å²) in [5.74, 6) is -0.915. The molecule has 0 fully saturated rings. The number of pyridine rings is 1. The van der Waals surface area contributed by atoms with Gasteiger partial charge in [0.1, 0.15) is 0 Å². The van der Waals surface area contributed by atoms with E-state index in [0.717, 1.165) is 16.0 Å². The summed E-state index contributed by atoms with van der Waals surface area (Å²) in [6.45, 7) is 1.93. The van der Waals surface area contributed by atoms with Gasteiger partial charge in [-0.3, -0.25) is 14.9 Å². The summed E-state index contributed by atoms with van der Waals surface area (Å²) in [7, 11) is 0. The molecule has 1 amide bonds. The van der Waals surface area contributed by atoms with Gasteiger partial charge in [-0.2, -0.15) is 18.3 Å². The molecule has 3 aromatic heterocycles. The molecule has 0 saturated carbocycles. The normalized spacial score (nSPS) is 12.8. The number of rotatable bonds is 4. The minimum atomic E-state index is -4.65. The van der Waals surface area contributed by atoms with Gasteiger partial charge in [0.2, 0.25) is 0 Å². The van der Waals surface area contributed by atoms with Crippen LogP contribution in [-0.4, -0.2) is 27.3 Å². The van der Waals surface area contributed by atoms with Gasteiger partial charge in [0, 0.05) is 22.8 Å². The Balaban J connectivity index is 1.81. The Bertz CT molecular complexity index is 873. The Morgan fingerprint density at radius 1 is 1.32 bits per heavy atom. The number of amides is 1. The van der Waals surface area contributed by atoms with Crippen LogP contribution in [0.1, 0.15) is 27.0 Å². The number of halogens is 3. The topological polar surface area (TPSA) is 70.7 Å². The number of H-pyrrole nitrogens is 1. The molecule has 9 heteroatoms. The Kier molecular flexibility index (Phi) is 4.58. The van der Waals surface area contributed by atoms with Gasteiger partial charge in [-0.1, -0.05) is 6.07 Å². The summed E-state index contributed by atoms with van der Waals surface area (Å²) in [6, 6.07) is 5.67.